The first-order valence-corrected chi connectivity index (χ1v) is 5.05. The van der Waals surface area contributed by atoms with Gasteiger partial charge < -0.3 is 0 Å². The highest BCUT2D eigenvalue weighted by atomic mass is 14.2. The smallest absolute Gasteiger partial charge is 0.0870 e. The maximum absolute atomic E-state index is 5.66. The summed E-state index contributed by atoms with van der Waals surface area (Å²) in [6.45, 7) is 8.96. The quantitative estimate of drug-likeness (QED) is 0.526. The molecule has 0 spiro atoms. The monoisotopic (exact) mass is 163 g/mol. The molecule has 0 saturated heterocycles. The van der Waals surface area contributed by atoms with E-state index >= 15 is 0 Å². The summed E-state index contributed by atoms with van der Waals surface area (Å²) in [5.74, 6) is 0.322. The van der Waals surface area contributed by atoms with Gasteiger partial charge in [0.1, 0.15) is 7.28 Å². The number of hydrogen-bond acceptors (Lipinski definition) is 0. The third-order valence-corrected chi connectivity index (χ3v) is 2.16. The van der Waals surface area contributed by atoms with E-state index in [9.17, 15) is 0 Å². The van der Waals surface area contributed by atoms with Gasteiger partial charge in [0.15, 0.2) is 0 Å². The molecule has 12 heavy (non-hydrogen) atoms. The normalized spacial score (nSPS) is 14.3. The molecule has 0 aromatic rings. The Morgan fingerprint density at radius 1 is 1.42 bits per heavy atom. The van der Waals surface area contributed by atoms with Gasteiger partial charge in [-0.3, -0.25) is 0 Å². The molecule has 0 aliphatic rings. The molecular weight excluding hydrogens is 142 g/mol. The molecule has 1 unspecified atom stereocenters. The molecule has 0 aromatic carbocycles. The van der Waals surface area contributed by atoms with Gasteiger partial charge in [0, 0.05) is 0 Å². The Labute approximate surface area is 80.2 Å². The summed E-state index contributed by atoms with van der Waals surface area (Å²) in [6, 6.07) is 0. The molecular formula is C10H21B2. The van der Waals surface area contributed by atoms with Crippen molar-refractivity contribution in [3.8, 4) is 0 Å². The van der Waals surface area contributed by atoms with Crippen LogP contribution in [0.2, 0.25) is 18.5 Å². The van der Waals surface area contributed by atoms with Gasteiger partial charge in [-0.25, -0.2) is 0 Å². The topological polar surface area (TPSA) is 0 Å². The Kier molecular flexibility index (Phi) is 5.78. The summed E-state index contributed by atoms with van der Waals surface area (Å²) in [5, 5.41) is 0. The molecule has 0 N–H and O–H groups in total. The minimum atomic E-state index is 0.322. The summed E-state index contributed by atoms with van der Waals surface area (Å²) >= 11 is 0. The lowest BCUT2D eigenvalue weighted by Crippen LogP contribution is -2.13. The van der Waals surface area contributed by atoms with Gasteiger partial charge >= 0.3 is 0 Å². The van der Waals surface area contributed by atoms with Gasteiger partial charge in [-0.05, 0) is 11.8 Å². The largest absolute Gasteiger partial charge is 0.109 e. The van der Waals surface area contributed by atoms with E-state index in [1.54, 1.807) is 0 Å². The zero-order valence-electron chi connectivity index (χ0n) is 9.06. The second-order valence-electron chi connectivity index (χ2n) is 4.62. The highest BCUT2D eigenvalue weighted by Crippen LogP contribution is 2.27. The van der Waals surface area contributed by atoms with Crippen LogP contribution < -0.4 is 0 Å². The fraction of sp³-hybridized carbons (Fsp3) is 1.00. The van der Waals surface area contributed by atoms with Crippen LogP contribution in [0.5, 0.6) is 0 Å². The molecule has 0 bridgehead atoms. The van der Waals surface area contributed by atoms with E-state index in [0.717, 1.165) is 6.32 Å². The molecule has 0 fully saturated rings. The predicted octanol–water partition coefficient (Wildman–Crippen LogP) is 3.33. The van der Waals surface area contributed by atoms with Gasteiger partial charge in [-0.2, -0.15) is 0 Å². The van der Waals surface area contributed by atoms with Crippen LogP contribution in [0.3, 0.4) is 0 Å². The third-order valence-electron chi connectivity index (χ3n) is 2.16. The highest BCUT2D eigenvalue weighted by Gasteiger charge is 2.15. The van der Waals surface area contributed by atoms with E-state index in [1.165, 1.54) is 19.2 Å². The predicted molar refractivity (Wildman–Crippen MR) is 59.2 cm³/mol. The van der Waals surface area contributed by atoms with Crippen LogP contribution in [-0.2, 0) is 0 Å². The first-order chi connectivity index (χ1) is 5.48. The zero-order chi connectivity index (χ0) is 9.61. The maximum Gasteiger partial charge on any atom is 0.109 e. The van der Waals surface area contributed by atoms with Crippen LogP contribution in [0.15, 0.2) is 0 Å². The number of hydrogen-bond donors (Lipinski definition) is 0. The van der Waals surface area contributed by atoms with Crippen LogP contribution >= 0.6 is 0 Å². The lowest BCUT2D eigenvalue weighted by molar-refractivity contribution is 0.371. The second-order valence-corrected chi connectivity index (χ2v) is 4.62. The van der Waals surface area contributed by atoms with Crippen LogP contribution in [0, 0.1) is 5.41 Å². The summed E-state index contributed by atoms with van der Waals surface area (Å²) in [6.07, 6.45) is 4.83. The molecule has 0 heterocycles. The summed E-state index contributed by atoms with van der Waals surface area (Å²) in [5.41, 5.74) is 0.476. The summed E-state index contributed by atoms with van der Waals surface area (Å²) in [4.78, 5) is 0. The molecule has 67 valence electrons. The molecule has 0 rings (SSSR count). The molecule has 3 radical (unpaired) electrons. The van der Waals surface area contributed by atoms with Crippen molar-refractivity contribution in [2.24, 2.45) is 5.41 Å². The lowest BCUT2D eigenvalue weighted by atomic mass is 9.56. The van der Waals surface area contributed by atoms with Crippen molar-refractivity contribution in [1.82, 2.24) is 0 Å². The van der Waals surface area contributed by atoms with Gasteiger partial charge in [0.2, 0.25) is 0 Å². The molecule has 2 heteroatoms. The molecule has 1 atom stereocenters. The third kappa shape index (κ3) is 6.82. The van der Waals surface area contributed by atoms with Gasteiger partial charge in [-0.1, -0.05) is 52.6 Å². The van der Waals surface area contributed by atoms with Crippen molar-refractivity contribution in [2.45, 2.75) is 59.0 Å². The Hall–Kier alpha value is 0.130. The Morgan fingerprint density at radius 2 is 2.00 bits per heavy atom. The zero-order valence-corrected chi connectivity index (χ0v) is 9.06. The van der Waals surface area contributed by atoms with Crippen LogP contribution in [0.25, 0.3) is 0 Å². The molecule has 0 amide bonds. The van der Waals surface area contributed by atoms with Crippen LogP contribution in [0.4, 0.5) is 0 Å². The van der Waals surface area contributed by atoms with Crippen molar-refractivity contribution in [3.05, 3.63) is 0 Å². The van der Waals surface area contributed by atoms with E-state index in [-0.39, 0.29) is 0 Å². The molecule has 0 aliphatic carbocycles. The maximum atomic E-state index is 5.66. The number of rotatable bonds is 6. The van der Waals surface area contributed by atoms with Crippen molar-refractivity contribution in [3.63, 3.8) is 0 Å². The lowest BCUT2D eigenvalue weighted by Gasteiger charge is -2.23. The minimum absolute atomic E-state index is 0.322. The van der Waals surface area contributed by atoms with E-state index in [1.807, 2.05) is 0 Å². The molecule has 0 saturated carbocycles. The standard InChI is InChI=1S/C10H21B2/c1-5-6-10(3,4)8-12-7-9(2)11/h9H,5-8H2,1-4H3. The van der Waals surface area contributed by atoms with E-state index in [2.05, 4.69) is 35.0 Å². The van der Waals surface area contributed by atoms with Crippen LogP contribution in [0.1, 0.15) is 40.5 Å². The average Bonchev–Trinajstić information content (AvgIpc) is 1.85. The van der Waals surface area contributed by atoms with Crippen molar-refractivity contribution in [1.29, 1.82) is 0 Å². The molecule has 0 nitrogen and oxygen atoms in total. The molecule has 0 aromatic heterocycles. The summed E-state index contributed by atoms with van der Waals surface area (Å²) < 4.78 is 0. The van der Waals surface area contributed by atoms with Gasteiger partial charge in [-0.15, -0.1) is 0 Å². The summed E-state index contributed by atoms with van der Waals surface area (Å²) in [7, 11) is 8.00. The van der Waals surface area contributed by atoms with Crippen LogP contribution in [-0.4, -0.2) is 15.1 Å². The Bertz CT molecular complexity index is 108. The average molecular weight is 163 g/mol. The second kappa shape index (κ2) is 5.72. The Morgan fingerprint density at radius 3 is 2.42 bits per heavy atom. The fourth-order valence-electron chi connectivity index (χ4n) is 1.52. The first kappa shape index (κ1) is 12.1. The minimum Gasteiger partial charge on any atom is -0.0870 e. The Balaban J connectivity index is 3.46. The van der Waals surface area contributed by atoms with Gasteiger partial charge in [0.25, 0.3) is 0 Å². The SMILES string of the molecule is [B]C(C)C[B]CC(C)(C)CCC. The van der Waals surface area contributed by atoms with Crippen molar-refractivity contribution >= 4 is 15.1 Å². The van der Waals surface area contributed by atoms with Crippen molar-refractivity contribution in [2.75, 3.05) is 0 Å². The van der Waals surface area contributed by atoms with E-state index in [0.29, 0.717) is 11.2 Å². The van der Waals surface area contributed by atoms with E-state index in [4.69, 9.17) is 7.85 Å². The van der Waals surface area contributed by atoms with Gasteiger partial charge in [0.05, 0.1) is 7.85 Å². The van der Waals surface area contributed by atoms with E-state index < -0.39 is 0 Å². The van der Waals surface area contributed by atoms with Crippen molar-refractivity contribution < 1.29 is 0 Å². The fourth-order valence-corrected chi connectivity index (χ4v) is 1.52. The highest BCUT2D eigenvalue weighted by molar-refractivity contribution is 6.37. The first-order valence-electron chi connectivity index (χ1n) is 5.05. The molecule has 0 aliphatic heterocycles.